The summed E-state index contributed by atoms with van der Waals surface area (Å²) in [6.07, 6.45) is 2.02. The Balaban J connectivity index is 1.86. The summed E-state index contributed by atoms with van der Waals surface area (Å²) in [5.74, 6) is 1.16. The maximum Gasteiger partial charge on any atom is 0.213 e. The number of aromatic nitrogens is 6. The molecule has 0 radical (unpaired) electrons. The smallest absolute Gasteiger partial charge is 0.213 e. The average Bonchev–Trinajstić information content (AvgIpc) is 3.37. The molecule has 0 spiro atoms. The van der Waals surface area contributed by atoms with E-state index in [2.05, 4.69) is 25.1 Å². The number of sulfone groups is 1. The van der Waals surface area contributed by atoms with Crippen molar-refractivity contribution in [1.82, 2.24) is 29.7 Å². The second-order valence-electron chi connectivity index (χ2n) is 9.55. The summed E-state index contributed by atoms with van der Waals surface area (Å²) in [7, 11) is 0.627. The number of aryl methyl sites for hydroxylation is 1. The maximum absolute atomic E-state index is 14.0. The van der Waals surface area contributed by atoms with Crippen molar-refractivity contribution < 1.29 is 27.4 Å². The Kier molecular flexibility index (Phi) is 9.18. The fourth-order valence-electron chi connectivity index (χ4n) is 4.28. The molecule has 0 fully saturated rings. The lowest BCUT2D eigenvalue weighted by Crippen LogP contribution is -2.31. The van der Waals surface area contributed by atoms with E-state index >= 15 is 0 Å². The molecule has 12 nitrogen and oxygen atoms in total. The SMILES string of the molecule is COc1cccc(-c2nnc(CS(=O)(=O)[C@H](C)[C@H](OC(C)C)c3cnc(C)cn3)n2-c2c(OC)cccc2OC)n1. The third-order valence-electron chi connectivity index (χ3n) is 6.35. The van der Waals surface area contributed by atoms with Crippen LogP contribution in [0.25, 0.3) is 17.2 Å². The minimum Gasteiger partial charge on any atom is -0.494 e. The molecule has 2 atom stereocenters. The Hall–Kier alpha value is -4.10. The van der Waals surface area contributed by atoms with Gasteiger partial charge in [0.25, 0.3) is 0 Å². The summed E-state index contributed by atoms with van der Waals surface area (Å²) >= 11 is 0. The summed E-state index contributed by atoms with van der Waals surface area (Å²) in [5, 5.41) is 7.68. The first kappa shape index (κ1) is 29.9. The number of hydrogen-bond donors (Lipinski definition) is 0. The van der Waals surface area contributed by atoms with Crippen LogP contribution < -0.4 is 14.2 Å². The second-order valence-corrected chi connectivity index (χ2v) is 11.9. The molecule has 3 aromatic heterocycles. The molecule has 1 aromatic carbocycles. The van der Waals surface area contributed by atoms with E-state index in [0.29, 0.717) is 40.1 Å². The van der Waals surface area contributed by atoms with E-state index < -0.39 is 26.9 Å². The highest BCUT2D eigenvalue weighted by Crippen LogP contribution is 2.37. The Bertz CT molecular complexity index is 1570. The minimum absolute atomic E-state index is 0.137. The third-order valence-corrected chi connectivity index (χ3v) is 8.39. The molecular weight excluding hydrogens is 548 g/mol. The zero-order chi connectivity index (χ0) is 29.7. The van der Waals surface area contributed by atoms with Crippen molar-refractivity contribution in [3.63, 3.8) is 0 Å². The van der Waals surface area contributed by atoms with Gasteiger partial charge in [0, 0.05) is 12.3 Å². The van der Waals surface area contributed by atoms with E-state index in [0.717, 1.165) is 0 Å². The van der Waals surface area contributed by atoms with Gasteiger partial charge in [-0.2, -0.15) is 0 Å². The number of benzene rings is 1. The molecule has 41 heavy (non-hydrogen) atoms. The summed E-state index contributed by atoms with van der Waals surface area (Å²) in [6, 6.07) is 10.4. The Morgan fingerprint density at radius 3 is 2.15 bits per heavy atom. The van der Waals surface area contributed by atoms with Gasteiger partial charge in [-0.15, -0.1) is 10.2 Å². The number of hydrogen-bond acceptors (Lipinski definition) is 11. The van der Waals surface area contributed by atoms with Crippen LogP contribution in [-0.4, -0.2) is 70.8 Å². The average molecular weight is 583 g/mol. The zero-order valence-corrected chi connectivity index (χ0v) is 24.9. The molecule has 3 heterocycles. The molecular formula is C28H34N6O6S. The van der Waals surface area contributed by atoms with Crippen LogP contribution in [-0.2, 0) is 20.3 Å². The summed E-state index contributed by atoms with van der Waals surface area (Å²) in [5.41, 5.74) is 1.98. The van der Waals surface area contributed by atoms with Crippen LogP contribution in [0.4, 0.5) is 0 Å². The van der Waals surface area contributed by atoms with E-state index in [9.17, 15) is 8.42 Å². The van der Waals surface area contributed by atoms with Crippen LogP contribution in [0.5, 0.6) is 17.4 Å². The van der Waals surface area contributed by atoms with Gasteiger partial charge in [-0.25, -0.2) is 13.4 Å². The first-order valence-electron chi connectivity index (χ1n) is 12.9. The van der Waals surface area contributed by atoms with E-state index in [-0.39, 0.29) is 17.8 Å². The van der Waals surface area contributed by atoms with Crippen LogP contribution in [0.3, 0.4) is 0 Å². The van der Waals surface area contributed by atoms with E-state index in [4.69, 9.17) is 18.9 Å². The zero-order valence-electron chi connectivity index (χ0n) is 24.1. The normalized spacial score (nSPS) is 13.2. The lowest BCUT2D eigenvalue weighted by atomic mass is 10.2. The van der Waals surface area contributed by atoms with Crippen molar-refractivity contribution in [3.05, 3.63) is 66.0 Å². The standard InChI is InChI=1S/C28H34N6O6S/c1-17(2)40-27(21-15-29-18(3)14-30-21)19(4)41(35,36)16-24-32-33-28(20-10-8-13-25(31-20)39-7)34(24)26-22(37-5)11-9-12-23(26)38-6/h8-15,17,19,27H,16H2,1-7H3/t19-,27+/m1/s1. The van der Waals surface area contributed by atoms with Crippen molar-refractivity contribution in [3.8, 4) is 34.6 Å². The van der Waals surface area contributed by atoms with Gasteiger partial charge < -0.3 is 18.9 Å². The van der Waals surface area contributed by atoms with Gasteiger partial charge in [0.05, 0.1) is 50.3 Å². The van der Waals surface area contributed by atoms with Gasteiger partial charge in [-0.3, -0.25) is 14.5 Å². The van der Waals surface area contributed by atoms with Gasteiger partial charge >= 0.3 is 0 Å². The molecule has 0 aliphatic carbocycles. The summed E-state index contributed by atoms with van der Waals surface area (Å²) < 4.78 is 52.2. The number of pyridine rings is 1. The molecule has 13 heteroatoms. The van der Waals surface area contributed by atoms with E-state index in [1.807, 2.05) is 20.8 Å². The van der Waals surface area contributed by atoms with Crippen molar-refractivity contribution in [2.75, 3.05) is 21.3 Å². The molecule has 0 unspecified atom stereocenters. The first-order valence-corrected chi connectivity index (χ1v) is 14.6. The van der Waals surface area contributed by atoms with Crippen LogP contribution in [0.15, 0.2) is 48.8 Å². The first-order chi connectivity index (χ1) is 19.6. The molecule has 0 N–H and O–H groups in total. The van der Waals surface area contributed by atoms with Gasteiger partial charge in [-0.05, 0) is 45.9 Å². The number of methoxy groups -OCH3 is 3. The molecule has 218 valence electrons. The molecule has 0 amide bonds. The van der Waals surface area contributed by atoms with Crippen molar-refractivity contribution in [2.45, 2.75) is 50.9 Å². The molecule has 4 rings (SSSR count). The highest BCUT2D eigenvalue weighted by Gasteiger charge is 2.36. The van der Waals surface area contributed by atoms with Crippen LogP contribution in [0, 0.1) is 6.92 Å². The number of ether oxygens (including phenoxy) is 4. The number of nitrogens with zero attached hydrogens (tertiary/aromatic N) is 6. The quantitative estimate of drug-likeness (QED) is 0.240. The maximum atomic E-state index is 14.0. The lowest BCUT2D eigenvalue weighted by Gasteiger charge is -2.26. The largest absolute Gasteiger partial charge is 0.494 e. The lowest BCUT2D eigenvalue weighted by molar-refractivity contribution is 0.00382. The fraction of sp³-hybridized carbons (Fsp3) is 0.393. The predicted molar refractivity (Wildman–Crippen MR) is 152 cm³/mol. The minimum atomic E-state index is -3.91. The Labute approximate surface area is 239 Å². The van der Waals surface area contributed by atoms with Crippen molar-refractivity contribution in [2.24, 2.45) is 0 Å². The van der Waals surface area contributed by atoms with Gasteiger partial charge in [0.2, 0.25) is 5.88 Å². The summed E-state index contributed by atoms with van der Waals surface area (Å²) in [6.45, 7) is 7.08. The molecule has 0 saturated carbocycles. The van der Waals surface area contributed by atoms with Crippen LogP contribution in [0.2, 0.25) is 0 Å². The van der Waals surface area contributed by atoms with E-state index in [1.54, 1.807) is 60.3 Å². The highest BCUT2D eigenvalue weighted by molar-refractivity contribution is 7.91. The molecule has 0 bridgehead atoms. The molecule has 0 saturated heterocycles. The van der Waals surface area contributed by atoms with Crippen LogP contribution in [0.1, 0.15) is 44.1 Å². The fourth-order valence-corrected chi connectivity index (χ4v) is 5.67. The monoisotopic (exact) mass is 582 g/mol. The number of rotatable bonds is 12. The Morgan fingerprint density at radius 1 is 0.878 bits per heavy atom. The Morgan fingerprint density at radius 2 is 1.56 bits per heavy atom. The van der Waals surface area contributed by atoms with E-state index in [1.165, 1.54) is 21.3 Å². The topological polar surface area (TPSA) is 140 Å². The summed E-state index contributed by atoms with van der Waals surface area (Å²) in [4.78, 5) is 13.2. The third kappa shape index (κ3) is 6.46. The molecule has 0 aliphatic heterocycles. The second kappa shape index (κ2) is 12.6. The number of para-hydroxylation sites is 1. The van der Waals surface area contributed by atoms with Gasteiger partial charge in [-0.1, -0.05) is 12.1 Å². The van der Waals surface area contributed by atoms with Crippen LogP contribution >= 0.6 is 0 Å². The van der Waals surface area contributed by atoms with Crippen molar-refractivity contribution in [1.29, 1.82) is 0 Å². The highest BCUT2D eigenvalue weighted by atomic mass is 32.2. The van der Waals surface area contributed by atoms with Crippen molar-refractivity contribution >= 4 is 9.84 Å². The van der Waals surface area contributed by atoms with Gasteiger partial charge in [0.15, 0.2) is 21.5 Å². The molecule has 0 aliphatic rings. The van der Waals surface area contributed by atoms with Gasteiger partial charge in [0.1, 0.15) is 34.7 Å². The predicted octanol–water partition coefficient (Wildman–Crippen LogP) is 3.92. The molecule has 4 aromatic rings.